The average molecular weight is 423 g/mol. The lowest BCUT2D eigenvalue weighted by atomic mass is 10.2. The van der Waals surface area contributed by atoms with Crippen LogP contribution in [0.25, 0.3) is 0 Å². The molecular formula is C19H26N4O5S. The lowest BCUT2D eigenvalue weighted by Gasteiger charge is -2.30. The molecule has 0 unspecified atom stereocenters. The standard InChI is InChI=1S/C19H26N4O5S/c1-6-22-12-17(13(2)21-22)29(25,26)23-9-10-27-16-8-7-14(11-15(16)23)20-18(24)28-19(3,4)5/h7-8,11-12H,6,9-10H2,1-5H3,(H,20,24). The summed E-state index contributed by atoms with van der Waals surface area (Å²) in [5.41, 5.74) is 0.550. The fourth-order valence-electron chi connectivity index (χ4n) is 2.98. The van der Waals surface area contributed by atoms with Crippen LogP contribution in [0.4, 0.5) is 16.2 Å². The number of carbonyl (C=O) groups excluding carboxylic acids is 1. The van der Waals surface area contributed by atoms with Crippen molar-refractivity contribution in [2.24, 2.45) is 0 Å². The molecular weight excluding hydrogens is 396 g/mol. The molecule has 0 atom stereocenters. The summed E-state index contributed by atoms with van der Waals surface area (Å²) in [5, 5.41) is 6.87. The highest BCUT2D eigenvalue weighted by Gasteiger charge is 2.33. The lowest BCUT2D eigenvalue weighted by molar-refractivity contribution is 0.0636. The third kappa shape index (κ3) is 4.47. The molecule has 0 fully saturated rings. The minimum Gasteiger partial charge on any atom is -0.489 e. The van der Waals surface area contributed by atoms with Crippen LogP contribution in [-0.4, -0.2) is 43.0 Å². The summed E-state index contributed by atoms with van der Waals surface area (Å²) < 4.78 is 40.4. The fourth-order valence-corrected chi connectivity index (χ4v) is 4.60. The maximum absolute atomic E-state index is 13.3. The number of nitrogens with one attached hydrogen (secondary N) is 1. The third-order valence-corrected chi connectivity index (χ3v) is 6.13. The molecule has 1 aliphatic rings. The predicted molar refractivity (Wildman–Crippen MR) is 109 cm³/mol. The van der Waals surface area contributed by atoms with Crippen LogP contribution >= 0.6 is 0 Å². The van der Waals surface area contributed by atoms with Crippen molar-refractivity contribution in [3.05, 3.63) is 30.1 Å². The molecule has 0 saturated carbocycles. The Bertz CT molecular complexity index is 1020. The first-order valence-electron chi connectivity index (χ1n) is 9.35. The highest BCUT2D eigenvalue weighted by Crippen LogP contribution is 2.37. The van der Waals surface area contributed by atoms with Crippen LogP contribution in [0, 0.1) is 6.92 Å². The van der Waals surface area contributed by atoms with Gasteiger partial charge in [-0.2, -0.15) is 5.10 Å². The molecule has 2 heterocycles. The van der Waals surface area contributed by atoms with Gasteiger partial charge in [0.1, 0.15) is 22.9 Å². The first kappa shape index (κ1) is 21.0. The van der Waals surface area contributed by atoms with E-state index in [1.54, 1.807) is 50.6 Å². The number of benzene rings is 1. The van der Waals surface area contributed by atoms with Gasteiger partial charge in [0.25, 0.3) is 10.0 Å². The van der Waals surface area contributed by atoms with Crippen LogP contribution in [0.3, 0.4) is 0 Å². The number of rotatable bonds is 4. The smallest absolute Gasteiger partial charge is 0.412 e. The van der Waals surface area contributed by atoms with Gasteiger partial charge in [-0.3, -0.25) is 14.3 Å². The van der Waals surface area contributed by atoms with E-state index in [1.165, 1.54) is 10.5 Å². The van der Waals surface area contributed by atoms with Crippen molar-refractivity contribution in [1.82, 2.24) is 9.78 Å². The van der Waals surface area contributed by atoms with Crippen molar-refractivity contribution >= 4 is 27.5 Å². The molecule has 158 valence electrons. The van der Waals surface area contributed by atoms with Crippen LogP contribution in [0.1, 0.15) is 33.4 Å². The number of anilines is 2. The summed E-state index contributed by atoms with van der Waals surface area (Å²) >= 11 is 0. The summed E-state index contributed by atoms with van der Waals surface area (Å²) in [6, 6.07) is 4.83. The summed E-state index contributed by atoms with van der Waals surface area (Å²) in [6.07, 6.45) is 0.909. The first-order chi connectivity index (χ1) is 13.5. The number of ether oxygens (including phenoxy) is 2. The van der Waals surface area contributed by atoms with Gasteiger partial charge in [-0.15, -0.1) is 0 Å². The maximum Gasteiger partial charge on any atom is 0.412 e. The Morgan fingerprint density at radius 1 is 1.34 bits per heavy atom. The lowest BCUT2D eigenvalue weighted by Crippen LogP contribution is -2.38. The van der Waals surface area contributed by atoms with Crippen molar-refractivity contribution in [3.8, 4) is 5.75 Å². The second kappa shape index (κ2) is 7.58. The van der Waals surface area contributed by atoms with Gasteiger partial charge in [-0.05, 0) is 52.8 Å². The monoisotopic (exact) mass is 422 g/mol. The van der Waals surface area contributed by atoms with Crippen LogP contribution in [0.2, 0.25) is 0 Å². The van der Waals surface area contributed by atoms with Crippen LogP contribution < -0.4 is 14.4 Å². The Labute approximate surface area is 170 Å². The topological polar surface area (TPSA) is 103 Å². The molecule has 1 amide bonds. The van der Waals surface area contributed by atoms with Crippen molar-refractivity contribution in [2.45, 2.75) is 51.7 Å². The Balaban J connectivity index is 1.94. The minimum absolute atomic E-state index is 0.151. The SMILES string of the molecule is CCn1cc(S(=O)(=O)N2CCOc3ccc(NC(=O)OC(C)(C)C)cc32)c(C)n1. The van der Waals surface area contributed by atoms with Gasteiger partial charge in [0.05, 0.1) is 17.9 Å². The van der Waals surface area contributed by atoms with E-state index in [1.807, 2.05) is 6.92 Å². The highest BCUT2D eigenvalue weighted by molar-refractivity contribution is 7.92. The molecule has 9 nitrogen and oxygen atoms in total. The molecule has 1 aromatic heterocycles. The quantitative estimate of drug-likeness (QED) is 0.812. The second-order valence-corrected chi connectivity index (χ2v) is 9.50. The van der Waals surface area contributed by atoms with E-state index in [2.05, 4.69) is 10.4 Å². The number of hydrogen-bond acceptors (Lipinski definition) is 6. The number of aromatic nitrogens is 2. The molecule has 1 aliphatic heterocycles. The molecule has 2 aromatic rings. The van der Waals surface area contributed by atoms with Gasteiger partial charge in [0, 0.05) is 18.4 Å². The average Bonchev–Trinajstić information content (AvgIpc) is 3.01. The molecule has 29 heavy (non-hydrogen) atoms. The van der Waals surface area contributed by atoms with E-state index in [0.717, 1.165) is 0 Å². The highest BCUT2D eigenvalue weighted by atomic mass is 32.2. The van der Waals surface area contributed by atoms with E-state index >= 15 is 0 Å². The zero-order chi connectivity index (χ0) is 21.4. The summed E-state index contributed by atoms with van der Waals surface area (Å²) in [4.78, 5) is 12.2. The van der Waals surface area contributed by atoms with Gasteiger partial charge in [-0.1, -0.05) is 0 Å². The van der Waals surface area contributed by atoms with Crippen molar-refractivity contribution < 1.29 is 22.7 Å². The number of carbonyl (C=O) groups is 1. The van der Waals surface area contributed by atoms with Crippen molar-refractivity contribution in [2.75, 3.05) is 22.8 Å². The van der Waals surface area contributed by atoms with Crippen molar-refractivity contribution in [1.29, 1.82) is 0 Å². The second-order valence-electron chi connectivity index (χ2n) is 7.67. The van der Waals surface area contributed by atoms with Crippen LogP contribution in [-0.2, 0) is 21.3 Å². The Morgan fingerprint density at radius 3 is 2.69 bits per heavy atom. The Kier molecular flexibility index (Phi) is 5.48. The van der Waals surface area contributed by atoms with E-state index in [-0.39, 0.29) is 18.0 Å². The molecule has 1 N–H and O–H groups in total. The minimum atomic E-state index is -3.84. The molecule has 0 aliphatic carbocycles. The molecule has 0 radical (unpaired) electrons. The maximum atomic E-state index is 13.3. The van der Waals surface area contributed by atoms with Gasteiger partial charge in [0.2, 0.25) is 0 Å². The molecule has 0 spiro atoms. The third-order valence-electron chi connectivity index (χ3n) is 4.22. The van der Waals surface area contributed by atoms with Gasteiger partial charge >= 0.3 is 6.09 Å². The number of aryl methyl sites for hydroxylation is 2. The number of amides is 1. The number of sulfonamides is 1. The predicted octanol–water partition coefficient (Wildman–Crippen LogP) is 3.15. The Hall–Kier alpha value is -2.75. The van der Waals surface area contributed by atoms with E-state index in [0.29, 0.717) is 29.4 Å². The largest absolute Gasteiger partial charge is 0.489 e. The molecule has 0 bridgehead atoms. The molecule has 1 aromatic carbocycles. The zero-order valence-corrected chi connectivity index (χ0v) is 18.0. The van der Waals surface area contributed by atoms with Gasteiger partial charge < -0.3 is 9.47 Å². The van der Waals surface area contributed by atoms with Gasteiger partial charge in [-0.25, -0.2) is 13.2 Å². The molecule has 3 rings (SSSR count). The fraction of sp³-hybridized carbons (Fsp3) is 0.474. The first-order valence-corrected chi connectivity index (χ1v) is 10.8. The van der Waals surface area contributed by atoms with E-state index in [4.69, 9.17) is 9.47 Å². The van der Waals surface area contributed by atoms with Crippen molar-refractivity contribution in [3.63, 3.8) is 0 Å². The van der Waals surface area contributed by atoms with Crippen LogP contribution in [0.5, 0.6) is 5.75 Å². The number of nitrogens with zero attached hydrogens (tertiary/aromatic N) is 3. The molecule has 0 saturated heterocycles. The summed E-state index contributed by atoms with van der Waals surface area (Å²) in [6.45, 7) is 9.80. The normalized spacial score (nSPS) is 14.2. The van der Waals surface area contributed by atoms with E-state index in [9.17, 15) is 13.2 Å². The molecule has 10 heteroatoms. The van der Waals surface area contributed by atoms with Gasteiger partial charge in [0.15, 0.2) is 0 Å². The van der Waals surface area contributed by atoms with Crippen LogP contribution in [0.15, 0.2) is 29.3 Å². The number of fused-ring (bicyclic) bond motifs is 1. The van der Waals surface area contributed by atoms with E-state index < -0.39 is 21.7 Å². The Morgan fingerprint density at radius 2 is 2.07 bits per heavy atom. The summed E-state index contributed by atoms with van der Waals surface area (Å²) in [7, 11) is -3.84. The number of hydrogen-bond donors (Lipinski definition) is 1. The summed E-state index contributed by atoms with van der Waals surface area (Å²) in [5.74, 6) is 0.426. The zero-order valence-electron chi connectivity index (χ0n) is 17.2.